The maximum absolute atomic E-state index is 13.8. The van der Waals surface area contributed by atoms with Crippen molar-refractivity contribution in [2.45, 2.75) is 122 Å². The van der Waals surface area contributed by atoms with E-state index in [1.165, 1.54) is 0 Å². The van der Waals surface area contributed by atoms with Gasteiger partial charge in [-0.1, -0.05) is 19.4 Å². The fourth-order valence-electron chi connectivity index (χ4n) is 9.82. The van der Waals surface area contributed by atoms with Crippen LogP contribution in [0.1, 0.15) is 105 Å². The van der Waals surface area contributed by atoms with E-state index in [4.69, 9.17) is 9.47 Å². The van der Waals surface area contributed by atoms with Crippen molar-refractivity contribution in [1.29, 1.82) is 0 Å². The summed E-state index contributed by atoms with van der Waals surface area (Å²) in [7, 11) is 0. The van der Waals surface area contributed by atoms with Crippen molar-refractivity contribution in [3.05, 3.63) is 11.6 Å². The third kappa shape index (κ3) is 6.33. The van der Waals surface area contributed by atoms with Crippen molar-refractivity contribution < 1.29 is 48.5 Å². The van der Waals surface area contributed by atoms with Gasteiger partial charge in [0.05, 0.1) is 18.4 Å². The van der Waals surface area contributed by atoms with Crippen LogP contribution in [0.3, 0.4) is 0 Å². The number of rotatable bonds is 10. The lowest BCUT2D eigenvalue weighted by atomic mass is 9.46. The smallest absolute Gasteiger partial charge is 0.306 e. The largest absolute Gasteiger partial charge is 0.481 e. The summed E-state index contributed by atoms with van der Waals surface area (Å²) < 4.78 is 11.0. The molecule has 8 atom stereocenters. The summed E-state index contributed by atoms with van der Waals surface area (Å²) in [5.41, 5.74) is -2.57. The van der Waals surface area contributed by atoms with Gasteiger partial charge in [-0.2, -0.15) is 0 Å². The standard InChI is InChI=1S/C35H49NO10/c1-32(2)17-20(11-14-46-32)25(16-29(41)42)36-28(40)7-8-30(43)45-19-27(39)35(44)13-10-24-23-6-5-21-15-22(37)9-12-33(21,3)31(23)26(38)18-34(24,35)4/h15,20,23-25,31,44H,5-14,16-19H2,1-4H3,(H,36,40)(H,41,42)/t20-,23-,24-,25-,31+,33-,34-,35-/m0/s1. The lowest BCUT2D eigenvalue weighted by Crippen LogP contribution is -2.61. The van der Waals surface area contributed by atoms with Gasteiger partial charge in [-0.3, -0.25) is 28.8 Å². The minimum absolute atomic E-state index is 0.00153. The number of fused-ring (bicyclic) bond motifs is 5. The molecule has 4 fully saturated rings. The van der Waals surface area contributed by atoms with E-state index in [0.717, 1.165) is 18.4 Å². The maximum atomic E-state index is 13.8. The first-order chi connectivity index (χ1) is 21.5. The van der Waals surface area contributed by atoms with E-state index in [1.807, 2.05) is 20.8 Å². The molecular formula is C35H49NO10. The molecule has 1 heterocycles. The van der Waals surface area contributed by atoms with Crippen LogP contribution in [0, 0.1) is 34.5 Å². The van der Waals surface area contributed by atoms with E-state index in [-0.39, 0.29) is 72.8 Å². The molecule has 5 aliphatic rings. The predicted molar refractivity (Wildman–Crippen MR) is 164 cm³/mol. The van der Waals surface area contributed by atoms with Crippen molar-refractivity contribution in [3.8, 4) is 0 Å². The molecule has 1 amide bonds. The highest BCUT2D eigenvalue weighted by Crippen LogP contribution is 2.66. The summed E-state index contributed by atoms with van der Waals surface area (Å²) in [5, 5.41) is 24.0. The molecule has 254 valence electrons. The first-order valence-corrected chi connectivity index (χ1v) is 16.8. The van der Waals surface area contributed by atoms with Gasteiger partial charge in [-0.05, 0) is 88.0 Å². The normalized spacial score (nSPS) is 37.2. The van der Waals surface area contributed by atoms with Crippen LogP contribution in [0.5, 0.6) is 0 Å². The lowest BCUT2D eigenvalue weighted by molar-refractivity contribution is -0.173. The topological polar surface area (TPSA) is 173 Å². The molecule has 3 N–H and O–H groups in total. The summed E-state index contributed by atoms with van der Waals surface area (Å²) in [4.78, 5) is 76.2. The lowest BCUT2D eigenvalue weighted by Gasteiger charge is -2.57. The second-order valence-electron chi connectivity index (χ2n) is 15.5. The van der Waals surface area contributed by atoms with Crippen LogP contribution in [-0.2, 0) is 38.2 Å². The van der Waals surface area contributed by atoms with Crippen LogP contribution in [0.2, 0.25) is 0 Å². The molecule has 0 bridgehead atoms. The summed E-state index contributed by atoms with van der Waals surface area (Å²) >= 11 is 0. The second kappa shape index (κ2) is 12.6. The summed E-state index contributed by atoms with van der Waals surface area (Å²) in [5.74, 6) is -3.20. The Labute approximate surface area is 270 Å². The Hall–Kier alpha value is -2.92. The van der Waals surface area contributed by atoms with E-state index in [2.05, 4.69) is 12.2 Å². The molecule has 0 aromatic carbocycles. The highest BCUT2D eigenvalue weighted by atomic mass is 16.5. The molecular weight excluding hydrogens is 594 g/mol. The number of esters is 1. The van der Waals surface area contributed by atoms with Gasteiger partial charge in [-0.25, -0.2) is 0 Å². The molecule has 11 nitrogen and oxygen atoms in total. The molecule has 3 saturated carbocycles. The third-order valence-corrected chi connectivity index (χ3v) is 12.2. The maximum Gasteiger partial charge on any atom is 0.306 e. The van der Waals surface area contributed by atoms with Crippen LogP contribution < -0.4 is 5.32 Å². The van der Waals surface area contributed by atoms with E-state index in [1.54, 1.807) is 6.08 Å². The number of ketones is 3. The monoisotopic (exact) mass is 643 g/mol. The average molecular weight is 644 g/mol. The third-order valence-electron chi connectivity index (χ3n) is 12.2. The molecule has 1 aliphatic heterocycles. The van der Waals surface area contributed by atoms with E-state index < -0.39 is 52.9 Å². The highest BCUT2D eigenvalue weighted by molar-refractivity contribution is 5.95. The minimum Gasteiger partial charge on any atom is -0.481 e. The Morgan fingerprint density at radius 3 is 2.48 bits per heavy atom. The number of hydrogen-bond donors (Lipinski definition) is 3. The first kappa shape index (κ1) is 34.4. The molecule has 0 radical (unpaired) electrons. The zero-order valence-electron chi connectivity index (χ0n) is 27.5. The number of aliphatic carboxylic acids is 1. The number of carboxylic acids is 1. The van der Waals surface area contributed by atoms with Gasteiger partial charge >= 0.3 is 11.9 Å². The van der Waals surface area contributed by atoms with Gasteiger partial charge in [-0.15, -0.1) is 0 Å². The number of hydrogen-bond acceptors (Lipinski definition) is 9. The Morgan fingerprint density at radius 1 is 1.04 bits per heavy atom. The predicted octanol–water partition coefficient (Wildman–Crippen LogP) is 3.49. The molecule has 1 saturated heterocycles. The van der Waals surface area contributed by atoms with Crippen molar-refractivity contribution in [2.75, 3.05) is 13.2 Å². The molecule has 4 aliphatic carbocycles. The van der Waals surface area contributed by atoms with Gasteiger partial charge in [0.1, 0.15) is 11.4 Å². The molecule has 0 aromatic heterocycles. The number of amides is 1. The number of nitrogens with one attached hydrogen (secondary N) is 1. The van der Waals surface area contributed by atoms with Gasteiger partial charge in [0.25, 0.3) is 0 Å². The number of carbonyl (C=O) groups excluding carboxylic acids is 5. The van der Waals surface area contributed by atoms with Gasteiger partial charge < -0.3 is 25.0 Å². The Morgan fingerprint density at radius 2 is 1.78 bits per heavy atom. The molecule has 0 unspecified atom stereocenters. The SMILES string of the molecule is CC1(C)C[C@@H]([C@H](CC(=O)O)NC(=O)CCC(=O)OCC(=O)[C@@]2(O)CC[C@H]3[C@@H]4CCC5=CC(=O)CC[C@]5(C)[C@H]4C(=O)C[C@@]32C)CCO1. The number of ether oxygens (including phenoxy) is 2. The molecule has 5 rings (SSSR count). The number of allylic oxidation sites excluding steroid dienone is 1. The quantitative estimate of drug-likeness (QED) is 0.299. The Kier molecular flexibility index (Phi) is 9.43. The van der Waals surface area contributed by atoms with Crippen LogP contribution in [0.4, 0.5) is 0 Å². The van der Waals surface area contributed by atoms with Gasteiger partial charge in [0.15, 0.2) is 12.4 Å². The van der Waals surface area contributed by atoms with E-state index in [0.29, 0.717) is 38.7 Å². The molecule has 0 spiro atoms. The zero-order chi connectivity index (χ0) is 33.7. The van der Waals surface area contributed by atoms with Crippen LogP contribution in [0.25, 0.3) is 0 Å². The Balaban J connectivity index is 1.16. The summed E-state index contributed by atoms with van der Waals surface area (Å²) in [6.45, 7) is 7.55. The van der Waals surface area contributed by atoms with E-state index >= 15 is 0 Å². The fourth-order valence-corrected chi connectivity index (χ4v) is 9.82. The van der Waals surface area contributed by atoms with Crippen LogP contribution >= 0.6 is 0 Å². The fraction of sp³-hybridized carbons (Fsp3) is 0.771. The van der Waals surface area contributed by atoms with Crippen LogP contribution in [-0.4, -0.2) is 75.9 Å². The zero-order valence-corrected chi connectivity index (χ0v) is 27.5. The summed E-state index contributed by atoms with van der Waals surface area (Å²) in [6.07, 6.45) is 5.46. The highest BCUT2D eigenvalue weighted by Gasteiger charge is 2.68. The van der Waals surface area contributed by atoms with Crippen molar-refractivity contribution in [2.24, 2.45) is 34.5 Å². The van der Waals surface area contributed by atoms with Gasteiger partial charge in [0.2, 0.25) is 11.7 Å². The number of Topliss-reactive ketones (excluding diaryl/α,β-unsaturated/α-hetero) is 2. The Bertz CT molecular complexity index is 1340. The van der Waals surface area contributed by atoms with E-state index in [9.17, 15) is 39.0 Å². The molecule has 46 heavy (non-hydrogen) atoms. The minimum atomic E-state index is -1.82. The number of carboxylic acid groups (broad SMARTS) is 1. The van der Waals surface area contributed by atoms with Crippen LogP contribution in [0.15, 0.2) is 11.6 Å². The average Bonchev–Trinajstić information content (AvgIpc) is 3.24. The molecule has 11 heteroatoms. The number of carbonyl (C=O) groups is 6. The van der Waals surface area contributed by atoms with Crippen molar-refractivity contribution >= 4 is 35.2 Å². The first-order valence-electron chi connectivity index (χ1n) is 16.8. The molecule has 0 aromatic rings. The summed E-state index contributed by atoms with van der Waals surface area (Å²) in [6, 6.07) is -0.608. The number of aliphatic hydroxyl groups is 1. The van der Waals surface area contributed by atoms with Crippen molar-refractivity contribution in [3.63, 3.8) is 0 Å². The second-order valence-corrected chi connectivity index (χ2v) is 15.5. The van der Waals surface area contributed by atoms with Crippen molar-refractivity contribution in [1.82, 2.24) is 5.32 Å². The van der Waals surface area contributed by atoms with Gasteiger partial charge in [0, 0.05) is 43.2 Å².